The van der Waals surface area contributed by atoms with Gasteiger partial charge in [0, 0.05) is 42.8 Å². The molecule has 2 amide bonds. The SMILES string of the molecule is O=C(Nc1ccc(Cl)cc1)N1CCC(Oc2cccnc2)CC1. The van der Waals surface area contributed by atoms with Gasteiger partial charge in [0.15, 0.2) is 0 Å². The van der Waals surface area contributed by atoms with Crippen LogP contribution in [0, 0.1) is 0 Å². The van der Waals surface area contributed by atoms with Gasteiger partial charge in [-0.2, -0.15) is 0 Å². The number of ether oxygens (including phenoxy) is 1. The fraction of sp³-hybridized carbons (Fsp3) is 0.294. The number of nitrogens with zero attached hydrogens (tertiary/aromatic N) is 2. The number of carbonyl (C=O) groups is 1. The van der Waals surface area contributed by atoms with E-state index in [1.165, 1.54) is 0 Å². The molecule has 2 heterocycles. The van der Waals surface area contributed by atoms with E-state index < -0.39 is 0 Å². The summed E-state index contributed by atoms with van der Waals surface area (Å²) in [7, 11) is 0. The van der Waals surface area contributed by atoms with E-state index in [1.54, 1.807) is 41.6 Å². The van der Waals surface area contributed by atoms with Gasteiger partial charge >= 0.3 is 6.03 Å². The zero-order chi connectivity index (χ0) is 16.1. The lowest BCUT2D eigenvalue weighted by molar-refractivity contribution is 0.115. The van der Waals surface area contributed by atoms with Crippen molar-refractivity contribution in [2.45, 2.75) is 18.9 Å². The summed E-state index contributed by atoms with van der Waals surface area (Å²) in [5.41, 5.74) is 0.744. The average Bonchev–Trinajstić information content (AvgIpc) is 2.58. The number of likely N-dealkylation sites (tertiary alicyclic amines) is 1. The highest BCUT2D eigenvalue weighted by Gasteiger charge is 2.24. The van der Waals surface area contributed by atoms with Gasteiger partial charge in [0.05, 0.1) is 6.20 Å². The van der Waals surface area contributed by atoms with E-state index in [0.717, 1.165) is 24.3 Å². The minimum atomic E-state index is -0.0906. The van der Waals surface area contributed by atoms with Gasteiger partial charge in [0.25, 0.3) is 0 Å². The minimum Gasteiger partial charge on any atom is -0.489 e. The van der Waals surface area contributed by atoms with E-state index in [2.05, 4.69) is 10.3 Å². The second-order valence-corrected chi connectivity index (χ2v) is 5.87. The molecule has 0 radical (unpaired) electrons. The zero-order valence-corrected chi connectivity index (χ0v) is 13.4. The fourth-order valence-electron chi connectivity index (χ4n) is 2.52. The summed E-state index contributed by atoms with van der Waals surface area (Å²) in [4.78, 5) is 18.1. The summed E-state index contributed by atoms with van der Waals surface area (Å²) in [5.74, 6) is 0.775. The van der Waals surface area contributed by atoms with Crippen LogP contribution in [0.1, 0.15) is 12.8 Å². The van der Waals surface area contributed by atoms with Crippen molar-refractivity contribution in [2.24, 2.45) is 0 Å². The van der Waals surface area contributed by atoms with Crippen LogP contribution < -0.4 is 10.1 Å². The third-order valence-corrected chi connectivity index (χ3v) is 4.01. The van der Waals surface area contributed by atoms with E-state index in [4.69, 9.17) is 16.3 Å². The molecule has 3 rings (SSSR count). The molecule has 0 atom stereocenters. The van der Waals surface area contributed by atoms with Gasteiger partial charge < -0.3 is 15.0 Å². The first-order valence-corrected chi connectivity index (χ1v) is 7.97. The van der Waals surface area contributed by atoms with Crippen LogP contribution in [-0.2, 0) is 0 Å². The van der Waals surface area contributed by atoms with Crippen molar-refractivity contribution in [3.8, 4) is 5.75 Å². The molecule has 0 saturated carbocycles. The quantitative estimate of drug-likeness (QED) is 0.930. The number of hydrogen-bond acceptors (Lipinski definition) is 3. The highest BCUT2D eigenvalue weighted by Crippen LogP contribution is 2.19. The topological polar surface area (TPSA) is 54.5 Å². The lowest BCUT2D eigenvalue weighted by Gasteiger charge is -2.32. The Morgan fingerprint density at radius 3 is 2.61 bits per heavy atom. The number of anilines is 1. The van der Waals surface area contributed by atoms with Gasteiger partial charge in [0.1, 0.15) is 11.9 Å². The molecule has 2 aromatic rings. The van der Waals surface area contributed by atoms with E-state index >= 15 is 0 Å². The van der Waals surface area contributed by atoms with Gasteiger partial charge in [-0.25, -0.2) is 4.79 Å². The minimum absolute atomic E-state index is 0.0906. The number of rotatable bonds is 3. The Kier molecular flexibility index (Phi) is 4.98. The molecule has 1 aromatic heterocycles. The van der Waals surface area contributed by atoms with Crippen LogP contribution in [0.4, 0.5) is 10.5 Å². The summed E-state index contributed by atoms with van der Waals surface area (Å²) in [5, 5.41) is 3.53. The zero-order valence-electron chi connectivity index (χ0n) is 12.6. The molecule has 1 aromatic carbocycles. The van der Waals surface area contributed by atoms with Crippen LogP contribution in [0.3, 0.4) is 0 Å². The Morgan fingerprint density at radius 1 is 1.22 bits per heavy atom. The van der Waals surface area contributed by atoms with Crippen LogP contribution in [0.2, 0.25) is 5.02 Å². The van der Waals surface area contributed by atoms with Gasteiger partial charge in [0.2, 0.25) is 0 Å². The number of piperidine rings is 1. The van der Waals surface area contributed by atoms with Crippen LogP contribution in [0.15, 0.2) is 48.8 Å². The number of halogens is 1. The Morgan fingerprint density at radius 2 is 1.96 bits per heavy atom. The van der Waals surface area contributed by atoms with Crippen molar-refractivity contribution in [1.82, 2.24) is 9.88 Å². The number of carbonyl (C=O) groups excluding carboxylic acids is 1. The van der Waals surface area contributed by atoms with Crippen molar-refractivity contribution < 1.29 is 9.53 Å². The molecule has 120 valence electrons. The summed E-state index contributed by atoms with van der Waals surface area (Å²) in [6.45, 7) is 1.34. The number of pyridine rings is 1. The van der Waals surface area contributed by atoms with Crippen molar-refractivity contribution in [3.05, 3.63) is 53.8 Å². The highest BCUT2D eigenvalue weighted by atomic mass is 35.5. The van der Waals surface area contributed by atoms with Gasteiger partial charge in [-0.3, -0.25) is 4.98 Å². The molecule has 6 heteroatoms. The fourth-order valence-corrected chi connectivity index (χ4v) is 2.65. The van der Waals surface area contributed by atoms with Gasteiger partial charge in [-0.05, 0) is 36.4 Å². The molecular weight excluding hydrogens is 314 g/mol. The molecule has 1 saturated heterocycles. The maximum Gasteiger partial charge on any atom is 0.321 e. The molecular formula is C17H18ClN3O2. The number of amides is 2. The van der Waals surface area contributed by atoms with Gasteiger partial charge in [-0.1, -0.05) is 11.6 Å². The first kappa shape index (κ1) is 15.6. The molecule has 1 aliphatic heterocycles. The lowest BCUT2D eigenvalue weighted by Crippen LogP contribution is -2.43. The van der Waals surface area contributed by atoms with Crippen LogP contribution in [0.25, 0.3) is 0 Å². The molecule has 0 aliphatic carbocycles. The summed E-state index contributed by atoms with van der Waals surface area (Å²) >= 11 is 5.84. The molecule has 1 aliphatic rings. The molecule has 0 unspecified atom stereocenters. The predicted molar refractivity (Wildman–Crippen MR) is 89.9 cm³/mol. The van der Waals surface area contributed by atoms with Crippen molar-refractivity contribution in [2.75, 3.05) is 18.4 Å². The third kappa shape index (κ3) is 4.36. The number of nitrogens with one attached hydrogen (secondary N) is 1. The number of benzene rings is 1. The van der Waals surface area contributed by atoms with Crippen LogP contribution in [-0.4, -0.2) is 35.1 Å². The van der Waals surface area contributed by atoms with Gasteiger partial charge in [-0.15, -0.1) is 0 Å². The second kappa shape index (κ2) is 7.33. The molecule has 1 fully saturated rings. The molecule has 1 N–H and O–H groups in total. The van der Waals surface area contributed by atoms with Crippen molar-refractivity contribution in [1.29, 1.82) is 0 Å². The number of urea groups is 1. The second-order valence-electron chi connectivity index (χ2n) is 5.43. The Bertz CT molecular complexity index is 641. The highest BCUT2D eigenvalue weighted by molar-refractivity contribution is 6.30. The monoisotopic (exact) mass is 331 g/mol. The van der Waals surface area contributed by atoms with E-state index in [9.17, 15) is 4.79 Å². The van der Waals surface area contributed by atoms with E-state index in [0.29, 0.717) is 18.1 Å². The normalized spacial score (nSPS) is 15.3. The van der Waals surface area contributed by atoms with Crippen LogP contribution in [0.5, 0.6) is 5.75 Å². The predicted octanol–water partition coefficient (Wildman–Crippen LogP) is 3.81. The Labute approximate surface area is 140 Å². The molecule has 23 heavy (non-hydrogen) atoms. The third-order valence-electron chi connectivity index (χ3n) is 3.76. The lowest BCUT2D eigenvalue weighted by atomic mass is 10.1. The maximum absolute atomic E-state index is 12.2. The number of hydrogen-bond donors (Lipinski definition) is 1. The molecule has 0 spiro atoms. The van der Waals surface area contributed by atoms with Crippen molar-refractivity contribution >= 4 is 23.3 Å². The van der Waals surface area contributed by atoms with Crippen LogP contribution >= 0.6 is 11.6 Å². The maximum atomic E-state index is 12.2. The summed E-state index contributed by atoms with van der Waals surface area (Å²) in [6, 6.07) is 10.7. The summed E-state index contributed by atoms with van der Waals surface area (Å²) in [6.07, 6.45) is 5.17. The smallest absolute Gasteiger partial charge is 0.321 e. The first-order valence-electron chi connectivity index (χ1n) is 7.59. The summed E-state index contributed by atoms with van der Waals surface area (Å²) < 4.78 is 5.88. The number of aromatic nitrogens is 1. The average molecular weight is 332 g/mol. The largest absolute Gasteiger partial charge is 0.489 e. The molecule has 0 bridgehead atoms. The standard InChI is InChI=1S/C17H18ClN3O2/c18-13-3-5-14(6-4-13)20-17(22)21-10-7-15(8-11-21)23-16-2-1-9-19-12-16/h1-6,9,12,15H,7-8,10-11H2,(H,20,22). The first-order chi connectivity index (χ1) is 11.2. The Balaban J connectivity index is 1.48. The van der Waals surface area contributed by atoms with E-state index in [-0.39, 0.29) is 12.1 Å². The van der Waals surface area contributed by atoms with Crippen molar-refractivity contribution in [3.63, 3.8) is 0 Å². The molecule has 5 nitrogen and oxygen atoms in total. The Hall–Kier alpha value is -2.27. The van der Waals surface area contributed by atoms with E-state index in [1.807, 2.05) is 12.1 Å².